The Hall–Kier alpha value is -1.93. The Bertz CT molecular complexity index is 724. The smallest absolute Gasteiger partial charge is 0.287 e. The van der Waals surface area contributed by atoms with Gasteiger partial charge in [-0.1, -0.05) is 11.6 Å². The maximum atomic E-state index is 13.1. The number of aromatic nitrogens is 1. The number of rotatable bonds is 3. The highest BCUT2D eigenvalue weighted by molar-refractivity contribution is 9.10. The standard InChI is InChI=1S/C12H8BrClFN3O3/c1-17-5-7(18(20)21)4-10(17)12(19)16-11-8(13)2-6(15)3-9(11)14/h2-5H,1H3,(H,16,19). The van der Waals surface area contributed by atoms with Crippen molar-refractivity contribution >= 4 is 44.8 Å². The Balaban J connectivity index is 2.33. The fourth-order valence-electron chi connectivity index (χ4n) is 1.71. The van der Waals surface area contributed by atoms with E-state index in [1.165, 1.54) is 17.8 Å². The summed E-state index contributed by atoms with van der Waals surface area (Å²) in [7, 11) is 1.50. The van der Waals surface area contributed by atoms with Gasteiger partial charge in [0.25, 0.3) is 11.6 Å². The van der Waals surface area contributed by atoms with E-state index in [1.807, 2.05) is 0 Å². The van der Waals surface area contributed by atoms with Crippen LogP contribution in [0.5, 0.6) is 0 Å². The molecule has 0 saturated heterocycles. The maximum absolute atomic E-state index is 13.1. The van der Waals surface area contributed by atoms with Crippen LogP contribution in [0.25, 0.3) is 0 Å². The third-order valence-corrected chi connectivity index (χ3v) is 3.60. The first kappa shape index (κ1) is 15.5. The number of amides is 1. The topological polar surface area (TPSA) is 77.2 Å². The van der Waals surface area contributed by atoms with Crippen LogP contribution in [0.15, 0.2) is 28.9 Å². The number of anilines is 1. The highest BCUT2D eigenvalue weighted by atomic mass is 79.9. The molecule has 0 radical (unpaired) electrons. The first-order chi connectivity index (χ1) is 9.79. The van der Waals surface area contributed by atoms with Crippen LogP contribution in [0.3, 0.4) is 0 Å². The van der Waals surface area contributed by atoms with Crippen LogP contribution >= 0.6 is 27.5 Å². The van der Waals surface area contributed by atoms with E-state index in [0.29, 0.717) is 0 Å². The van der Waals surface area contributed by atoms with E-state index >= 15 is 0 Å². The van der Waals surface area contributed by atoms with Crippen molar-refractivity contribution in [1.29, 1.82) is 0 Å². The molecule has 0 spiro atoms. The molecule has 0 bridgehead atoms. The molecule has 0 aliphatic heterocycles. The number of nitrogens with zero attached hydrogens (tertiary/aromatic N) is 2. The van der Waals surface area contributed by atoms with Crippen molar-refractivity contribution in [2.24, 2.45) is 7.05 Å². The minimum Gasteiger partial charge on any atom is -0.340 e. The van der Waals surface area contributed by atoms with Crippen LogP contribution in [0, 0.1) is 15.9 Å². The molecule has 1 N–H and O–H groups in total. The van der Waals surface area contributed by atoms with Gasteiger partial charge < -0.3 is 9.88 Å². The van der Waals surface area contributed by atoms with E-state index in [0.717, 1.165) is 18.2 Å². The Kier molecular flexibility index (Phi) is 4.29. The molecule has 2 aromatic rings. The largest absolute Gasteiger partial charge is 0.340 e. The first-order valence-corrected chi connectivity index (χ1v) is 6.73. The van der Waals surface area contributed by atoms with Crippen molar-refractivity contribution in [3.05, 3.63) is 55.5 Å². The molecule has 6 nitrogen and oxygen atoms in total. The number of hydrogen-bond acceptors (Lipinski definition) is 3. The lowest BCUT2D eigenvalue weighted by Gasteiger charge is -2.09. The van der Waals surface area contributed by atoms with Crippen molar-refractivity contribution in [1.82, 2.24) is 4.57 Å². The van der Waals surface area contributed by atoms with Crippen LogP contribution in [0.2, 0.25) is 5.02 Å². The Labute approximate surface area is 131 Å². The average Bonchev–Trinajstić information content (AvgIpc) is 2.76. The van der Waals surface area contributed by atoms with E-state index < -0.39 is 16.6 Å². The van der Waals surface area contributed by atoms with Gasteiger partial charge in [0.2, 0.25) is 0 Å². The molecule has 0 fully saturated rings. The van der Waals surface area contributed by atoms with Gasteiger partial charge in [0.05, 0.1) is 21.8 Å². The van der Waals surface area contributed by atoms with Crippen molar-refractivity contribution in [3.63, 3.8) is 0 Å². The van der Waals surface area contributed by atoms with Gasteiger partial charge in [0, 0.05) is 17.6 Å². The van der Waals surface area contributed by atoms with Crippen LogP contribution in [0.1, 0.15) is 10.5 Å². The molecule has 9 heteroatoms. The lowest BCUT2D eigenvalue weighted by Crippen LogP contribution is -2.16. The summed E-state index contributed by atoms with van der Waals surface area (Å²) < 4.78 is 14.7. The van der Waals surface area contributed by atoms with Crippen LogP contribution in [-0.4, -0.2) is 15.4 Å². The fraction of sp³-hybridized carbons (Fsp3) is 0.0833. The third kappa shape index (κ3) is 3.22. The summed E-state index contributed by atoms with van der Waals surface area (Å²) in [6, 6.07) is 3.34. The molecule has 1 aromatic heterocycles. The van der Waals surface area contributed by atoms with Crippen molar-refractivity contribution in [2.45, 2.75) is 0 Å². The summed E-state index contributed by atoms with van der Waals surface area (Å²) in [5.41, 5.74) is 0.0628. The van der Waals surface area contributed by atoms with E-state index in [1.54, 1.807) is 0 Å². The van der Waals surface area contributed by atoms with E-state index in [4.69, 9.17) is 11.6 Å². The second-order valence-electron chi connectivity index (χ2n) is 4.15. The number of carbonyl (C=O) groups excluding carboxylic acids is 1. The fourth-order valence-corrected chi connectivity index (χ4v) is 2.61. The number of aryl methyl sites for hydroxylation is 1. The molecule has 1 heterocycles. The zero-order valence-electron chi connectivity index (χ0n) is 10.6. The minimum atomic E-state index is -0.600. The lowest BCUT2D eigenvalue weighted by atomic mass is 10.3. The molecule has 0 saturated carbocycles. The molecule has 2 rings (SSSR count). The molecule has 0 unspecified atom stereocenters. The Morgan fingerprint density at radius 2 is 2.14 bits per heavy atom. The third-order valence-electron chi connectivity index (χ3n) is 2.68. The molecule has 0 aliphatic rings. The van der Waals surface area contributed by atoms with Crippen molar-refractivity contribution < 1.29 is 14.1 Å². The van der Waals surface area contributed by atoms with E-state index in [9.17, 15) is 19.3 Å². The van der Waals surface area contributed by atoms with Gasteiger partial charge >= 0.3 is 0 Å². The molecule has 0 atom stereocenters. The Morgan fingerprint density at radius 3 is 2.67 bits per heavy atom. The summed E-state index contributed by atoms with van der Waals surface area (Å²) in [6.45, 7) is 0. The number of carbonyl (C=O) groups is 1. The predicted octanol–water partition coefficient (Wildman–Crippen LogP) is 3.74. The summed E-state index contributed by atoms with van der Waals surface area (Å²) in [5, 5.41) is 13.2. The maximum Gasteiger partial charge on any atom is 0.287 e. The second kappa shape index (κ2) is 5.82. The lowest BCUT2D eigenvalue weighted by molar-refractivity contribution is -0.384. The van der Waals surface area contributed by atoms with Gasteiger partial charge in [-0.25, -0.2) is 4.39 Å². The first-order valence-electron chi connectivity index (χ1n) is 5.56. The molecular formula is C12H8BrClFN3O3. The van der Waals surface area contributed by atoms with E-state index in [-0.39, 0.29) is 26.6 Å². The molecule has 110 valence electrons. The second-order valence-corrected chi connectivity index (χ2v) is 5.41. The SMILES string of the molecule is Cn1cc([N+](=O)[O-])cc1C(=O)Nc1c(Cl)cc(F)cc1Br. The van der Waals surface area contributed by atoms with Crippen LogP contribution < -0.4 is 5.32 Å². The number of nitrogens with one attached hydrogen (secondary N) is 1. The van der Waals surface area contributed by atoms with Crippen molar-refractivity contribution in [3.8, 4) is 0 Å². The number of hydrogen-bond donors (Lipinski definition) is 1. The van der Waals surface area contributed by atoms with Gasteiger partial charge in [0.1, 0.15) is 11.5 Å². The molecule has 21 heavy (non-hydrogen) atoms. The van der Waals surface area contributed by atoms with Crippen LogP contribution in [0.4, 0.5) is 15.8 Å². The highest BCUT2D eigenvalue weighted by Crippen LogP contribution is 2.32. The van der Waals surface area contributed by atoms with E-state index in [2.05, 4.69) is 21.2 Å². The Morgan fingerprint density at radius 1 is 1.48 bits per heavy atom. The summed E-state index contributed by atoms with van der Waals surface area (Å²) >= 11 is 8.95. The number of benzene rings is 1. The molecule has 1 aromatic carbocycles. The average molecular weight is 377 g/mol. The monoisotopic (exact) mass is 375 g/mol. The van der Waals surface area contributed by atoms with Gasteiger partial charge in [-0.3, -0.25) is 14.9 Å². The zero-order chi connectivity index (χ0) is 15.7. The predicted molar refractivity (Wildman–Crippen MR) is 79.1 cm³/mol. The summed E-state index contributed by atoms with van der Waals surface area (Å²) in [5.74, 6) is -1.15. The van der Waals surface area contributed by atoms with Crippen molar-refractivity contribution in [2.75, 3.05) is 5.32 Å². The zero-order valence-corrected chi connectivity index (χ0v) is 12.9. The number of halogens is 3. The summed E-state index contributed by atoms with van der Waals surface area (Å²) in [6.07, 6.45) is 1.22. The molecule has 0 aliphatic carbocycles. The van der Waals surface area contributed by atoms with Gasteiger partial charge in [-0.15, -0.1) is 0 Å². The normalized spacial score (nSPS) is 10.5. The quantitative estimate of drug-likeness (QED) is 0.655. The highest BCUT2D eigenvalue weighted by Gasteiger charge is 2.19. The minimum absolute atomic E-state index is 0.0129. The summed E-state index contributed by atoms with van der Waals surface area (Å²) in [4.78, 5) is 22.2. The van der Waals surface area contributed by atoms with Gasteiger partial charge in [-0.05, 0) is 28.1 Å². The van der Waals surface area contributed by atoms with Gasteiger partial charge in [0.15, 0.2) is 0 Å². The molecule has 1 amide bonds. The van der Waals surface area contributed by atoms with Gasteiger partial charge in [-0.2, -0.15) is 0 Å². The number of nitro groups is 1. The molecular weight excluding hydrogens is 369 g/mol. The van der Waals surface area contributed by atoms with Crippen LogP contribution in [-0.2, 0) is 7.05 Å².